The summed E-state index contributed by atoms with van der Waals surface area (Å²) < 4.78 is 24.4. The van der Waals surface area contributed by atoms with Gasteiger partial charge in [0.15, 0.2) is 17.8 Å². The minimum Gasteiger partial charge on any atom is -0.493 e. The van der Waals surface area contributed by atoms with Crippen molar-refractivity contribution in [3.05, 3.63) is 118 Å². The maximum absolute atomic E-state index is 12.3. The Morgan fingerprint density at radius 1 is 0.811 bits per heavy atom. The Balaban J connectivity index is 1.12. The van der Waals surface area contributed by atoms with Gasteiger partial charge in [0.1, 0.15) is 0 Å². The Morgan fingerprint density at radius 3 is 2.21 bits per heavy atom. The van der Waals surface area contributed by atoms with E-state index in [0.717, 1.165) is 70.9 Å². The van der Waals surface area contributed by atoms with Gasteiger partial charge in [0.25, 0.3) is 0 Å². The second kappa shape index (κ2) is 18.3. The number of methoxy groups -OCH3 is 2. The van der Waals surface area contributed by atoms with Gasteiger partial charge in [-0.25, -0.2) is 5.48 Å². The van der Waals surface area contributed by atoms with Crippen molar-refractivity contribution in [2.45, 2.75) is 76.7 Å². The first kappa shape index (κ1) is 38.0. The van der Waals surface area contributed by atoms with E-state index in [1.165, 1.54) is 11.1 Å². The van der Waals surface area contributed by atoms with E-state index in [9.17, 15) is 14.7 Å². The molecule has 4 aromatic rings. The topological polar surface area (TPSA) is 139 Å². The first-order valence-electron chi connectivity index (χ1n) is 18.2. The summed E-state index contributed by atoms with van der Waals surface area (Å²) in [6, 6.07) is 28.4. The summed E-state index contributed by atoms with van der Waals surface area (Å²) >= 11 is 0. The van der Waals surface area contributed by atoms with Crippen LogP contribution in [0.25, 0.3) is 11.1 Å². The van der Waals surface area contributed by atoms with Crippen molar-refractivity contribution >= 4 is 11.8 Å². The first-order chi connectivity index (χ1) is 25.8. The molecule has 0 radical (unpaired) electrons. The molecule has 1 saturated heterocycles. The zero-order valence-electron chi connectivity index (χ0n) is 30.4. The zero-order valence-corrected chi connectivity index (χ0v) is 30.4. The van der Waals surface area contributed by atoms with E-state index >= 15 is 0 Å². The molecule has 6 rings (SSSR count). The highest BCUT2D eigenvalue weighted by Gasteiger charge is 2.34. The second-order valence-corrected chi connectivity index (χ2v) is 13.7. The van der Waals surface area contributed by atoms with Gasteiger partial charge >= 0.3 is 0 Å². The summed E-state index contributed by atoms with van der Waals surface area (Å²) in [6.07, 6.45) is 2.39. The molecule has 2 aliphatic heterocycles. The number of nitrogens with one attached hydrogen (secondary N) is 2. The smallest absolute Gasteiger partial charge is 0.243 e. The lowest BCUT2D eigenvalue weighted by atomic mass is 9.96. The minimum absolute atomic E-state index is 0.00774. The second-order valence-electron chi connectivity index (χ2n) is 13.7. The third-order valence-electron chi connectivity index (χ3n) is 9.99. The van der Waals surface area contributed by atoms with E-state index < -0.39 is 12.2 Å². The molecule has 2 heterocycles. The Morgan fingerprint density at radius 2 is 1.51 bits per heavy atom. The van der Waals surface area contributed by atoms with Crippen molar-refractivity contribution in [3.63, 3.8) is 0 Å². The van der Waals surface area contributed by atoms with Gasteiger partial charge in [0.05, 0.1) is 33.0 Å². The van der Waals surface area contributed by atoms with Crippen molar-refractivity contribution in [3.8, 4) is 22.6 Å². The van der Waals surface area contributed by atoms with Gasteiger partial charge in [-0.1, -0.05) is 66.7 Å². The molecule has 0 aliphatic carbocycles. The largest absolute Gasteiger partial charge is 0.493 e. The minimum atomic E-state index is -0.564. The van der Waals surface area contributed by atoms with Crippen molar-refractivity contribution in [1.82, 2.24) is 15.7 Å². The number of rotatable bonds is 15. The number of nitrogens with zero attached hydrogens (tertiary/aromatic N) is 1. The van der Waals surface area contributed by atoms with Crippen molar-refractivity contribution < 1.29 is 38.9 Å². The molecule has 2 aliphatic rings. The lowest BCUT2D eigenvalue weighted by Crippen LogP contribution is -2.41. The van der Waals surface area contributed by atoms with Gasteiger partial charge in [0.2, 0.25) is 11.8 Å². The molecule has 0 aromatic heterocycles. The van der Waals surface area contributed by atoms with Crippen molar-refractivity contribution in [2.24, 2.45) is 0 Å². The number of fused-ring (bicyclic) bond motifs is 1. The summed E-state index contributed by atoms with van der Waals surface area (Å²) in [4.78, 5) is 25.9. The van der Waals surface area contributed by atoms with E-state index in [1.54, 1.807) is 19.7 Å². The number of hydrogen-bond donors (Lipinski definition) is 4. The van der Waals surface area contributed by atoms with Crippen LogP contribution in [0, 0.1) is 0 Å². The van der Waals surface area contributed by atoms with E-state index in [0.29, 0.717) is 32.2 Å². The maximum atomic E-state index is 12.3. The Hall–Kier alpha value is -4.78. The maximum Gasteiger partial charge on any atom is 0.243 e. The number of amides is 2. The lowest BCUT2D eigenvalue weighted by Gasteiger charge is -2.39. The number of benzene rings is 4. The summed E-state index contributed by atoms with van der Waals surface area (Å²) in [6.45, 7) is 2.85. The Labute approximate surface area is 310 Å². The third-order valence-corrected chi connectivity index (χ3v) is 9.99. The van der Waals surface area contributed by atoms with Crippen LogP contribution in [0.2, 0.25) is 0 Å². The van der Waals surface area contributed by atoms with Gasteiger partial charge in [-0.15, -0.1) is 0 Å². The molecule has 1 fully saturated rings. The van der Waals surface area contributed by atoms with Gasteiger partial charge in [-0.2, -0.15) is 0 Å². The van der Waals surface area contributed by atoms with E-state index in [1.807, 2.05) is 42.5 Å². The normalized spacial score (nSPS) is 18.5. The molecule has 280 valence electrons. The molecule has 3 unspecified atom stereocenters. The van der Waals surface area contributed by atoms with Gasteiger partial charge in [-0.3, -0.25) is 19.7 Å². The predicted molar refractivity (Wildman–Crippen MR) is 199 cm³/mol. The standard InChI is InChI=1S/C42H49N3O8/c1-50-38-21-34-18-19-45(25-35(34)22-39(38)51-2)26-36-23-37(31-12-10-28(27-46)11-13-31)53-42(52-36)32-16-14-30(15-17-32)33-7-5-6-29(20-33)24-43-40(47)8-3-4-9-41(48)44-49/h5-7,10-17,20-22,36-37,42,46,49H,3-4,8-9,18-19,23-27H2,1-2H3,(H,43,47)(H,44,48). The zero-order chi connectivity index (χ0) is 37.2. The number of aliphatic hydroxyl groups excluding tert-OH is 1. The molecular formula is C42H49N3O8. The number of unbranched alkanes of at least 4 members (excludes halogenated alkanes) is 1. The molecule has 4 N–H and O–H groups in total. The van der Waals surface area contributed by atoms with Crippen LogP contribution in [0.15, 0.2) is 84.9 Å². The monoisotopic (exact) mass is 723 g/mol. The summed E-state index contributed by atoms with van der Waals surface area (Å²) in [5.41, 5.74) is 10.0. The fourth-order valence-electron chi connectivity index (χ4n) is 7.03. The highest BCUT2D eigenvalue weighted by molar-refractivity contribution is 5.76. The molecule has 0 spiro atoms. The van der Waals surface area contributed by atoms with Crippen LogP contribution in [-0.4, -0.2) is 60.4 Å². The van der Waals surface area contributed by atoms with E-state index in [2.05, 4.69) is 52.7 Å². The number of aliphatic hydroxyl groups is 1. The molecular weight excluding hydrogens is 674 g/mol. The summed E-state index contributed by atoms with van der Waals surface area (Å²) in [5, 5.41) is 21.2. The SMILES string of the molecule is COc1cc2c(cc1OC)CN(CC1CC(c3ccc(CO)cc3)OC(c3ccc(-c4cccc(CNC(=O)CCCCC(=O)NO)c4)cc3)O1)CC2. The molecule has 2 amide bonds. The van der Waals surface area contributed by atoms with Gasteiger partial charge in [0, 0.05) is 51.0 Å². The highest BCUT2D eigenvalue weighted by atomic mass is 16.7. The average Bonchev–Trinajstić information content (AvgIpc) is 3.21. The van der Waals surface area contributed by atoms with Crippen LogP contribution in [0.4, 0.5) is 0 Å². The molecule has 3 atom stereocenters. The molecule has 4 aromatic carbocycles. The predicted octanol–water partition coefficient (Wildman–Crippen LogP) is 6.15. The third kappa shape index (κ3) is 10.0. The molecule has 0 saturated carbocycles. The van der Waals surface area contributed by atoms with E-state index in [-0.39, 0.29) is 31.1 Å². The van der Waals surface area contributed by atoms with Crippen LogP contribution in [0.5, 0.6) is 11.5 Å². The fraction of sp³-hybridized carbons (Fsp3) is 0.381. The lowest BCUT2D eigenvalue weighted by molar-refractivity contribution is -0.253. The quantitative estimate of drug-likeness (QED) is 0.0647. The number of carbonyl (C=O) groups is 2. The van der Waals surface area contributed by atoms with Gasteiger partial charge < -0.3 is 29.4 Å². The highest BCUT2D eigenvalue weighted by Crippen LogP contribution is 2.40. The molecule has 11 nitrogen and oxygen atoms in total. The van der Waals surface area contributed by atoms with Crippen LogP contribution < -0.4 is 20.3 Å². The first-order valence-corrected chi connectivity index (χ1v) is 18.2. The average molecular weight is 724 g/mol. The Bertz CT molecular complexity index is 1830. The number of carbonyl (C=O) groups excluding carboxylic acids is 2. The number of hydrogen-bond acceptors (Lipinski definition) is 9. The summed E-state index contributed by atoms with van der Waals surface area (Å²) in [5.74, 6) is 0.963. The number of hydroxylamine groups is 1. The summed E-state index contributed by atoms with van der Waals surface area (Å²) in [7, 11) is 3.33. The van der Waals surface area contributed by atoms with Crippen LogP contribution in [-0.2, 0) is 45.2 Å². The Kier molecular flexibility index (Phi) is 13.1. The molecule has 11 heteroatoms. The van der Waals surface area contributed by atoms with Gasteiger partial charge in [-0.05, 0) is 76.4 Å². The van der Waals surface area contributed by atoms with Crippen LogP contribution in [0.1, 0.15) is 77.9 Å². The fourth-order valence-corrected chi connectivity index (χ4v) is 7.03. The molecule has 0 bridgehead atoms. The van der Waals surface area contributed by atoms with E-state index in [4.69, 9.17) is 24.2 Å². The van der Waals surface area contributed by atoms with Crippen LogP contribution in [0.3, 0.4) is 0 Å². The van der Waals surface area contributed by atoms with Crippen molar-refractivity contribution in [2.75, 3.05) is 27.3 Å². The van der Waals surface area contributed by atoms with Crippen LogP contribution >= 0.6 is 0 Å². The van der Waals surface area contributed by atoms with Crippen molar-refractivity contribution in [1.29, 1.82) is 0 Å². The molecule has 53 heavy (non-hydrogen) atoms. The number of ether oxygens (including phenoxy) is 4.